The van der Waals surface area contributed by atoms with Crippen LogP contribution in [0.4, 0.5) is 4.39 Å². The fourth-order valence-electron chi connectivity index (χ4n) is 2.05. The van der Waals surface area contributed by atoms with E-state index >= 15 is 0 Å². The first-order valence-corrected chi connectivity index (χ1v) is 9.50. The van der Waals surface area contributed by atoms with Crippen molar-refractivity contribution in [1.29, 1.82) is 0 Å². The molecule has 9 heteroatoms. The number of nitrogens with one attached hydrogen (secondary N) is 2. The van der Waals surface area contributed by atoms with E-state index in [1.165, 1.54) is 6.07 Å². The van der Waals surface area contributed by atoms with Gasteiger partial charge in [0, 0.05) is 23.1 Å². The molecule has 0 saturated carbocycles. The fourth-order valence-corrected chi connectivity index (χ4v) is 3.60. The number of hydrogen-bond acceptors (Lipinski definition) is 3. The van der Waals surface area contributed by atoms with E-state index in [0.717, 1.165) is 18.2 Å². The molecule has 0 aromatic heterocycles. The number of rotatable bonds is 6. The summed E-state index contributed by atoms with van der Waals surface area (Å²) >= 11 is 11.8. The number of benzene rings is 2. The van der Waals surface area contributed by atoms with E-state index < -0.39 is 21.7 Å². The Morgan fingerprint density at radius 2 is 1.88 bits per heavy atom. The lowest BCUT2D eigenvalue weighted by Crippen LogP contribution is -2.26. The third kappa shape index (κ3) is 4.92. The highest BCUT2D eigenvalue weighted by Crippen LogP contribution is 2.21. The molecule has 134 valence electrons. The molecule has 0 saturated heterocycles. The molecule has 0 heterocycles. The molecule has 0 aliphatic rings. The van der Waals surface area contributed by atoms with Gasteiger partial charge in [-0.25, -0.2) is 17.5 Å². The van der Waals surface area contributed by atoms with Gasteiger partial charge in [0.2, 0.25) is 10.0 Å². The van der Waals surface area contributed by atoms with Gasteiger partial charge in [-0.15, -0.1) is 0 Å². The Morgan fingerprint density at radius 1 is 1.16 bits per heavy atom. The third-order valence-electron chi connectivity index (χ3n) is 3.28. The van der Waals surface area contributed by atoms with E-state index in [-0.39, 0.29) is 23.5 Å². The van der Waals surface area contributed by atoms with Crippen LogP contribution in [-0.2, 0) is 16.6 Å². The van der Waals surface area contributed by atoms with Crippen LogP contribution in [-0.4, -0.2) is 20.9 Å². The summed E-state index contributed by atoms with van der Waals surface area (Å²) in [6.07, 6.45) is 0. The highest BCUT2D eigenvalue weighted by atomic mass is 35.5. The maximum atomic E-state index is 13.9. The van der Waals surface area contributed by atoms with E-state index in [0.29, 0.717) is 15.6 Å². The molecule has 2 N–H and O–H groups in total. The Balaban J connectivity index is 2.21. The summed E-state index contributed by atoms with van der Waals surface area (Å²) in [5.41, 5.74) is 0.223. The molecule has 0 atom stereocenters. The minimum Gasteiger partial charge on any atom is -0.348 e. The third-order valence-corrected chi connectivity index (χ3v) is 5.41. The van der Waals surface area contributed by atoms with Crippen LogP contribution in [0.5, 0.6) is 0 Å². The number of amides is 1. The zero-order chi connectivity index (χ0) is 18.6. The van der Waals surface area contributed by atoms with Crippen LogP contribution < -0.4 is 10.0 Å². The van der Waals surface area contributed by atoms with Crippen LogP contribution in [0.15, 0.2) is 41.3 Å². The summed E-state index contributed by atoms with van der Waals surface area (Å²) in [7, 11) is -3.79. The van der Waals surface area contributed by atoms with E-state index in [4.69, 9.17) is 23.2 Å². The summed E-state index contributed by atoms with van der Waals surface area (Å²) in [6, 6.07) is 7.79. The van der Waals surface area contributed by atoms with Crippen molar-refractivity contribution in [3.63, 3.8) is 0 Å². The van der Waals surface area contributed by atoms with Crippen molar-refractivity contribution < 1.29 is 17.6 Å². The van der Waals surface area contributed by atoms with Crippen molar-refractivity contribution in [3.8, 4) is 0 Å². The molecular weight excluding hydrogens is 390 g/mol. The molecule has 2 rings (SSSR count). The highest BCUT2D eigenvalue weighted by molar-refractivity contribution is 7.89. The molecule has 0 bridgehead atoms. The van der Waals surface area contributed by atoms with Gasteiger partial charge < -0.3 is 5.32 Å². The molecule has 25 heavy (non-hydrogen) atoms. The maximum Gasteiger partial charge on any atom is 0.254 e. The lowest BCUT2D eigenvalue weighted by molar-refractivity contribution is 0.0946. The van der Waals surface area contributed by atoms with Crippen molar-refractivity contribution in [2.45, 2.75) is 18.4 Å². The molecule has 1 amide bonds. The SMILES string of the molecule is CCNS(=O)(=O)c1ccc(F)c(C(=O)NCc2ccc(Cl)cc2Cl)c1. The van der Waals surface area contributed by atoms with Crippen molar-refractivity contribution >= 4 is 39.1 Å². The van der Waals surface area contributed by atoms with E-state index in [2.05, 4.69) is 10.0 Å². The number of hydrogen-bond donors (Lipinski definition) is 2. The number of carbonyl (C=O) groups is 1. The first kappa shape index (κ1) is 19.7. The van der Waals surface area contributed by atoms with Crippen molar-refractivity contribution in [3.05, 3.63) is 63.4 Å². The maximum absolute atomic E-state index is 13.9. The molecule has 0 aliphatic heterocycles. The predicted molar refractivity (Wildman–Crippen MR) is 94.9 cm³/mol. The van der Waals surface area contributed by atoms with Crippen LogP contribution in [0.25, 0.3) is 0 Å². The van der Waals surface area contributed by atoms with Gasteiger partial charge in [0.1, 0.15) is 5.82 Å². The van der Waals surface area contributed by atoms with Gasteiger partial charge in [-0.1, -0.05) is 36.2 Å². The van der Waals surface area contributed by atoms with Crippen molar-refractivity contribution in [2.24, 2.45) is 0 Å². The van der Waals surface area contributed by atoms with Gasteiger partial charge in [0.15, 0.2) is 0 Å². The van der Waals surface area contributed by atoms with Crippen LogP contribution in [0.1, 0.15) is 22.8 Å². The monoisotopic (exact) mass is 404 g/mol. The molecule has 0 radical (unpaired) electrons. The lowest BCUT2D eigenvalue weighted by Gasteiger charge is -2.10. The Kier molecular flexibility index (Phi) is 6.40. The Labute approximate surface area is 155 Å². The minimum atomic E-state index is -3.79. The van der Waals surface area contributed by atoms with Gasteiger partial charge in [0.25, 0.3) is 5.91 Å². The van der Waals surface area contributed by atoms with Crippen LogP contribution in [0, 0.1) is 5.82 Å². The largest absolute Gasteiger partial charge is 0.348 e. The summed E-state index contributed by atoms with van der Waals surface area (Å²) in [6.45, 7) is 1.83. The average molecular weight is 405 g/mol. The highest BCUT2D eigenvalue weighted by Gasteiger charge is 2.19. The second-order valence-electron chi connectivity index (χ2n) is 5.06. The van der Waals surface area contributed by atoms with Crippen molar-refractivity contribution in [2.75, 3.05) is 6.54 Å². The zero-order valence-electron chi connectivity index (χ0n) is 13.1. The van der Waals surface area contributed by atoms with Crippen LogP contribution in [0.3, 0.4) is 0 Å². The summed E-state index contributed by atoms with van der Waals surface area (Å²) < 4.78 is 40.2. The zero-order valence-corrected chi connectivity index (χ0v) is 15.5. The lowest BCUT2D eigenvalue weighted by atomic mass is 10.2. The van der Waals surface area contributed by atoms with Crippen molar-refractivity contribution in [1.82, 2.24) is 10.0 Å². The van der Waals surface area contributed by atoms with E-state index in [1.807, 2.05) is 0 Å². The number of carbonyl (C=O) groups excluding carboxylic acids is 1. The average Bonchev–Trinajstić information content (AvgIpc) is 2.54. The molecule has 5 nitrogen and oxygen atoms in total. The molecule has 0 aliphatic carbocycles. The minimum absolute atomic E-state index is 0.0401. The summed E-state index contributed by atoms with van der Waals surface area (Å²) in [5.74, 6) is -1.58. The van der Waals surface area contributed by atoms with Gasteiger partial charge in [-0.2, -0.15) is 0 Å². The molecule has 0 spiro atoms. The predicted octanol–water partition coefficient (Wildman–Crippen LogP) is 3.36. The molecular formula is C16H15Cl2FN2O3S. The van der Waals surface area contributed by atoms with Crippen LogP contribution >= 0.6 is 23.2 Å². The summed E-state index contributed by atoms with van der Waals surface area (Å²) in [5, 5.41) is 3.31. The normalized spacial score (nSPS) is 11.4. The Bertz CT molecular complexity index is 904. The standard InChI is InChI=1S/C16H15Cl2FN2O3S/c1-2-21-25(23,24)12-5-6-15(19)13(8-12)16(22)20-9-10-3-4-11(17)7-14(10)18/h3-8,21H,2,9H2,1H3,(H,20,22). The van der Waals surface area contributed by atoms with Gasteiger partial charge in [-0.3, -0.25) is 4.79 Å². The second-order valence-corrected chi connectivity index (χ2v) is 7.67. The molecule has 2 aromatic carbocycles. The Hall–Kier alpha value is -1.67. The van der Waals surface area contributed by atoms with Gasteiger partial charge in [-0.05, 0) is 35.9 Å². The first-order chi connectivity index (χ1) is 11.7. The molecule has 2 aromatic rings. The smallest absolute Gasteiger partial charge is 0.254 e. The molecule has 0 fully saturated rings. The summed E-state index contributed by atoms with van der Waals surface area (Å²) in [4.78, 5) is 12.0. The topological polar surface area (TPSA) is 75.3 Å². The van der Waals surface area contributed by atoms with E-state index in [9.17, 15) is 17.6 Å². The van der Waals surface area contributed by atoms with Gasteiger partial charge in [0.05, 0.1) is 10.5 Å². The fraction of sp³-hybridized carbons (Fsp3) is 0.188. The van der Waals surface area contributed by atoms with E-state index in [1.54, 1.807) is 19.1 Å². The molecule has 0 unspecified atom stereocenters. The number of halogens is 3. The Morgan fingerprint density at radius 3 is 2.52 bits per heavy atom. The second kappa shape index (κ2) is 8.14. The quantitative estimate of drug-likeness (QED) is 0.774. The first-order valence-electron chi connectivity index (χ1n) is 7.26. The van der Waals surface area contributed by atoms with Gasteiger partial charge >= 0.3 is 0 Å². The van der Waals surface area contributed by atoms with Crippen LogP contribution in [0.2, 0.25) is 10.0 Å². The number of sulfonamides is 1.